The van der Waals surface area contributed by atoms with Crippen LogP contribution >= 0.6 is 0 Å². The molecule has 1 saturated heterocycles. The highest BCUT2D eigenvalue weighted by Crippen LogP contribution is 2.25. The van der Waals surface area contributed by atoms with Crippen molar-refractivity contribution < 1.29 is 9.90 Å². The van der Waals surface area contributed by atoms with Crippen molar-refractivity contribution in [1.82, 2.24) is 9.80 Å². The van der Waals surface area contributed by atoms with E-state index in [4.69, 9.17) is 0 Å². The van der Waals surface area contributed by atoms with Gasteiger partial charge in [-0.25, -0.2) is 0 Å². The molecule has 0 bridgehead atoms. The molecule has 0 aromatic heterocycles. The van der Waals surface area contributed by atoms with Gasteiger partial charge in [-0.05, 0) is 46.8 Å². The maximum atomic E-state index is 11.3. The van der Waals surface area contributed by atoms with Crippen LogP contribution in [0.3, 0.4) is 0 Å². The number of hydrogen-bond donors (Lipinski definition) is 1. The third-order valence-electron chi connectivity index (χ3n) is 4.03. The van der Waals surface area contributed by atoms with Crippen LogP contribution in [0.4, 0.5) is 0 Å². The number of likely N-dealkylation sites (N-methyl/N-ethyl adjacent to an activating group) is 1. The monoisotopic (exact) mass is 242 g/mol. The zero-order valence-electron chi connectivity index (χ0n) is 11.6. The van der Waals surface area contributed by atoms with Gasteiger partial charge >= 0.3 is 5.97 Å². The Morgan fingerprint density at radius 3 is 2.65 bits per heavy atom. The number of rotatable bonds is 4. The van der Waals surface area contributed by atoms with Gasteiger partial charge in [0.05, 0.1) is 5.41 Å². The van der Waals surface area contributed by atoms with Crippen LogP contribution in [-0.4, -0.2) is 60.1 Å². The zero-order valence-corrected chi connectivity index (χ0v) is 11.6. The molecule has 1 N–H and O–H groups in total. The van der Waals surface area contributed by atoms with Crippen molar-refractivity contribution in [3.8, 4) is 0 Å². The third kappa shape index (κ3) is 3.68. The van der Waals surface area contributed by atoms with E-state index in [2.05, 4.69) is 23.8 Å². The predicted molar refractivity (Wildman–Crippen MR) is 69.2 cm³/mol. The molecule has 4 heteroatoms. The maximum Gasteiger partial charge on any atom is 0.310 e. The van der Waals surface area contributed by atoms with E-state index in [0.717, 1.165) is 26.1 Å². The number of aliphatic carboxylic acids is 1. The van der Waals surface area contributed by atoms with E-state index < -0.39 is 11.4 Å². The van der Waals surface area contributed by atoms with Crippen LogP contribution in [0.2, 0.25) is 0 Å². The fourth-order valence-corrected chi connectivity index (χ4v) is 2.44. The smallest absolute Gasteiger partial charge is 0.310 e. The van der Waals surface area contributed by atoms with Crippen molar-refractivity contribution in [2.24, 2.45) is 5.41 Å². The van der Waals surface area contributed by atoms with Gasteiger partial charge in [-0.3, -0.25) is 9.69 Å². The van der Waals surface area contributed by atoms with Gasteiger partial charge < -0.3 is 10.0 Å². The van der Waals surface area contributed by atoms with Crippen LogP contribution in [0.15, 0.2) is 0 Å². The van der Waals surface area contributed by atoms with Crippen LogP contribution in [0, 0.1) is 5.41 Å². The number of carbonyl (C=O) groups is 1. The van der Waals surface area contributed by atoms with Gasteiger partial charge in [0.1, 0.15) is 0 Å². The molecule has 0 aromatic rings. The minimum Gasteiger partial charge on any atom is -0.481 e. The molecule has 0 saturated carbocycles. The first-order valence-electron chi connectivity index (χ1n) is 6.55. The van der Waals surface area contributed by atoms with Crippen molar-refractivity contribution in [3.05, 3.63) is 0 Å². The minimum atomic E-state index is -0.676. The first-order chi connectivity index (χ1) is 7.89. The molecule has 100 valence electrons. The lowest BCUT2D eigenvalue weighted by Crippen LogP contribution is -2.46. The lowest BCUT2D eigenvalue weighted by molar-refractivity contribution is -0.149. The minimum absolute atomic E-state index is 0.438. The summed E-state index contributed by atoms with van der Waals surface area (Å²) in [4.78, 5) is 16.0. The van der Waals surface area contributed by atoms with E-state index >= 15 is 0 Å². The number of carboxylic acids is 1. The Balaban J connectivity index is 2.68. The van der Waals surface area contributed by atoms with Crippen LogP contribution in [0.25, 0.3) is 0 Å². The van der Waals surface area contributed by atoms with E-state index in [1.165, 1.54) is 0 Å². The molecule has 2 atom stereocenters. The molecule has 17 heavy (non-hydrogen) atoms. The largest absolute Gasteiger partial charge is 0.481 e. The van der Waals surface area contributed by atoms with Gasteiger partial charge in [0.2, 0.25) is 0 Å². The van der Waals surface area contributed by atoms with Crippen molar-refractivity contribution in [3.63, 3.8) is 0 Å². The summed E-state index contributed by atoms with van der Waals surface area (Å²) in [7, 11) is 2.14. The van der Waals surface area contributed by atoms with Crippen molar-refractivity contribution >= 4 is 5.97 Å². The number of carboxylic acid groups (broad SMARTS) is 1. The summed E-state index contributed by atoms with van der Waals surface area (Å²) in [6, 6.07) is 0.438. The highest BCUT2D eigenvalue weighted by Gasteiger charge is 2.35. The average molecular weight is 242 g/mol. The summed E-state index contributed by atoms with van der Waals surface area (Å²) in [5, 5.41) is 9.33. The van der Waals surface area contributed by atoms with Gasteiger partial charge in [0, 0.05) is 19.1 Å². The Hall–Kier alpha value is -0.610. The summed E-state index contributed by atoms with van der Waals surface area (Å²) < 4.78 is 0. The second kappa shape index (κ2) is 5.83. The third-order valence-corrected chi connectivity index (χ3v) is 4.03. The van der Waals surface area contributed by atoms with E-state index in [-0.39, 0.29) is 0 Å². The molecule has 1 heterocycles. The molecule has 1 rings (SSSR count). The molecule has 0 aromatic carbocycles. The van der Waals surface area contributed by atoms with Crippen molar-refractivity contribution in [2.75, 3.05) is 33.2 Å². The summed E-state index contributed by atoms with van der Waals surface area (Å²) in [5.41, 5.74) is -0.614. The molecule has 0 aliphatic carbocycles. The van der Waals surface area contributed by atoms with Crippen LogP contribution in [0.5, 0.6) is 0 Å². The van der Waals surface area contributed by atoms with Gasteiger partial charge in [-0.15, -0.1) is 0 Å². The second-order valence-corrected chi connectivity index (χ2v) is 5.65. The van der Waals surface area contributed by atoms with Gasteiger partial charge in [-0.1, -0.05) is 6.92 Å². The molecule has 1 fully saturated rings. The quantitative estimate of drug-likeness (QED) is 0.811. The summed E-state index contributed by atoms with van der Waals surface area (Å²) in [6.45, 7) is 9.82. The molecule has 0 spiro atoms. The lowest BCUT2D eigenvalue weighted by Gasteiger charge is -2.34. The SMILES string of the molecule is CCC(C)(CN1CCCN(C)CC1C)C(=O)O. The Labute approximate surface area is 105 Å². The average Bonchev–Trinajstić information content (AvgIpc) is 2.40. The Morgan fingerprint density at radius 2 is 2.12 bits per heavy atom. The van der Waals surface area contributed by atoms with Gasteiger partial charge in [-0.2, -0.15) is 0 Å². The van der Waals surface area contributed by atoms with E-state index in [9.17, 15) is 9.90 Å². The fraction of sp³-hybridized carbons (Fsp3) is 0.923. The zero-order chi connectivity index (χ0) is 13.1. The van der Waals surface area contributed by atoms with Crippen molar-refractivity contribution in [1.29, 1.82) is 0 Å². The molecular formula is C13H26N2O2. The summed E-state index contributed by atoms with van der Waals surface area (Å²) in [5.74, 6) is -0.676. The molecule has 0 radical (unpaired) electrons. The van der Waals surface area contributed by atoms with Crippen LogP contribution < -0.4 is 0 Å². The van der Waals surface area contributed by atoms with E-state index in [1.807, 2.05) is 13.8 Å². The summed E-state index contributed by atoms with van der Waals surface area (Å²) >= 11 is 0. The molecule has 4 nitrogen and oxygen atoms in total. The molecule has 2 unspecified atom stereocenters. The fourth-order valence-electron chi connectivity index (χ4n) is 2.44. The second-order valence-electron chi connectivity index (χ2n) is 5.65. The highest BCUT2D eigenvalue weighted by atomic mass is 16.4. The number of hydrogen-bond acceptors (Lipinski definition) is 3. The molecule has 1 aliphatic rings. The molecule has 1 aliphatic heterocycles. The first kappa shape index (κ1) is 14.5. The topological polar surface area (TPSA) is 43.8 Å². The van der Waals surface area contributed by atoms with E-state index in [1.54, 1.807) is 0 Å². The highest BCUT2D eigenvalue weighted by molar-refractivity contribution is 5.74. The maximum absolute atomic E-state index is 11.3. The van der Waals surface area contributed by atoms with Gasteiger partial charge in [0.15, 0.2) is 0 Å². The normalized spacial score (nSPS) is 27.4. The molecular weight excluding hydrogens is 216 g/mol. The van der Waals surface area contributed by atoms with Gasteiger partial charge in [0.25, 0.3) is 0 Å². The van der Waals surface area contributed by atoms with Crippen molar-refractivity contribution in [2.45, 2.75) is 39.7 Å². The molecule has 0 amide bonds. The first-order valence-corrected chi connectivity index (χ1v) is 6.55. The van der Waals surface area contributed by atoms with Crippen LogP contribution in [0.1, 0.15) is 33.6 Å². The predicted octanol–water partition coefficient (Wildman–Crippen LogP) is 1.51. The Morgan fingerprint density at radius 1 is 1.47 bits per heavy atom. The van der Waals surface area contributed by atoms with E-state index in [0.29, 0.717) is 19.0 Å². The standard InChI is InChI=1S/C13H26N2O2/c1-5-13(3,12(16)17)10-15-8-6-7-14(4)9-11(15)2/h11H,5-10H2,1-4H3,(H,16,17). The summed E-state index contributed by atoms with van der Waals surface area (Å²) in [6.07, 6.45) is 1.81. The Bertz CT molecular complexity index is 270. The number of nitrogens with zero attached hydrogens (tertiary/aromatic N) is 2. The van der Waals surface area contributed by atoms with Crippen LogP contribution in [-0.2, 0) is 4.79 Å². The lowest BCUT2D eigenvalue weighted by atomic mass is 9.86. The Kier molecular flexibility index (Phi) is 4.95.